The molecule has 0 bridgehead atoms. The van der Waals surface area contributed by atoms with Crippen LogP contribution in [0.3, 0.4) is 0 Å². The maximum Gasteiger partial charge on any atom is 0.224 e. The van der Waals surface area contributed by atoms with Crippen LogP contribution >= 0.6 is 0 Å². The third kappa shape index (κ3) is 4.43. The SMILES string of the molecule is Cc1ccc(CC(=O)NCc2cccc(CO)c2)cc1C. The third-order valence-electron chi connectivity index (χ3n) is 3.60. The van der Waals surface area contributed by atoms with E-state index in [0.717, 1.165) is 16.7 Å². The van der Waals surface area contributed by atoms with Crippen molar-refractivity contribution in [3.8, 4) is 0 Å². The van der Waals surface area contributed by atoms with Gasteiger partial charge in [-0.05, 0) is 41.7 Å². The highest BCUT2D eigenvalue weighted by molar-refractivity contribution is 5.78. The standard InChI is InChI=1S/C18H21NO2/c1-13-6-7-15(8-14(13)2)10-18(21)19-11-16-4-3-5-17(9-16)12-20/h3-9,20H,10-12H2,1-2H3,(H,19,21). The molecule has 2 aromatic rings. The summed E-state index contributed by atoms with van der Waals surface area (Å²) in [6, 6.07) is 13.7. The largest absolute Gasteiger partial charge is 0.392 e. The molecule has 21 heavy (non-hydrogen) atoms. The average Bonchev–Trinajstić information content (AvgIpc) is 2.49. The minimum Gasteiger partial charge on any atom is -0.392 e. The molecule has 0 saturated carbocycles. The molecule has 2 rings (SSSR count). The number of aliphatic hydroxyl groups excluding tert-OH is 1. The predicted molar refractivity (Wildman–Crippen MR) is 83.8 cm³/mol. The summed E-state index contributed by atoms with van der Waals surface area (Å²) in [5, 5.41) is 12.0. The van der Waals surface area contributed by atoms with Crippen molar-refractivity contribution in [2.24, 2.45) is 0 Å². The van der Waals surface area contributed by atoms with Crippen molar-refractivity contribution >= 4 is 5.91 Å². The number of hydrogen-bond acceptors (Lipinski definition) is 2. The van der Waals surface area contributed by atoms with Gasteiger partial charge in [-0.2, -0.15) is 0 Å². The Hall–Kier alpha value is -2.13. The first-order valence-electron chi connectivity index (χ1n) is 7.10. The number of nitrogens with one attached hydrogen (secondary N) is 1. The van der Waals surface area contributed by atoms with Gasteiger partial charge in [0.25, 0.3) is 0 Å². The van der Waals surface area contributed by atoms with E-state index in [4.69, 9.17) is 5.11 Å². The quantitative estimate of drug-likeness (QED) is 0.886. The van der Waals surface area contributed by atoms with E-state index >= 15 is 0 Å². The number of amides is 1. The summed E-state index contributed by atoms with van der Waals surface area (Å²) in [6.45, 7) is 4.62. The molecule has 0 spiro atoms. The van der Waals surface area contributed by atoms with Gasteiger partial charge < -0.3 is 10.4 Å². The lowest BCUT2D eigenvalue weighted by molar-refractivity contribution is -0.120. The van der Waals surface area contributed by atoms with E-state index in [1.807, 2.05) is 36.4 Å². The van der Waals surface area contributed by atoms with E-state index in [9.17, 15) is 4.79 Å². The van der Waals surface area contributed by atoms with Crippen molar-refractivity contribution in [1.82, 2.24) is 5.32 Å². The van der Waals surface area contributed by atoms with Crippen LogP contribution in [0.25, 0.3) is 0 Å². The Kier molecular flexibility index (Phi) is 5.12. The van der Waals surface area contributed by atoms with E-state index in [2.05, 4.69) is 25.2 Å². The first kappa shape index (κ1) is 15.3. The highest BCUT2D eigenvalue weighted by Gasteiger charge is 2.05. The minimum absolute atomic E-state index is 0.00709. The molecule has 2 aromatic carbocycles. The molecule has 2 N–H and O–H groups in total. The molecule has 0 fully saturated rings. The van der Waals surface area contributed by atoms with Gasteiger partial charge in [-0.3, -0.25) is 4.79 Å². The Morgan fingerprint density at radius 3 is 2.48 bits per heavy atom. The zero-order valence-electron chi connectivity index (χ0n) is 12.5. The maximum atomic E-state index is 12.0. The second-order valence-corrected chi connectivity index (χ2v) is 5.35. The maximum absolute atomic E-state index is 12.0. The Balaban J connectivity index is 1.91. The molecule has 0 aliphatic heterocycles. The molecule has 0 atom stereocenters. The first-order valence-corrected chi connectivity index (χ1v) is 7.10. The van der Waals surface area contributed by atoms with E-state index in [0.29, 0.717) is 13.0 Å². The summed E-state index contributed by atoms with van der Waals surface area (Å²) < 4.78 is 0. The molecular weight excluding hydrogens is 262 g/mol. The van der Waals surface area contributed by atoms with E-state index in [-0.39, 0.29) is 12.5 Å². The van der Waals surface area contributed by atoms with E-state index < -0.39 is 0 Å². The Morgan fingerprint density at radius 2 is 1.76 bits per heavy atom. The van der Waals surface area contributed by atoms with Crippen LogP contribution in [-0.4, -0.2) is 11.0 Å². The summed E-state index contributed by atoms with van der Waals surface area (Å²) in [5.41, 5.74) is 5.32. The summed E-state index contributed by atoms with van der Waals surface area (Å²) in [7, 11) is 0. The van der Waals surface area contributed by atoms with Crippen molar-refractivity contribution in [1.29, 1.82) is 0 Å². The van der Waals surface area contributed by atoms with Crippen LogP contribution in [0, 0.1) is 13.8 Å². The summed E-state index contributed by atoms with van der Waals surface area (Å²) >= 11 is 0. The van der Waals surface area contributed by atoms with Crippen molar-refractivity contribution < 1.29 is 9.90 Å². The van der Waals surface area contributed by atoms with Crippen LogP contribution in [0.4, 0.5) is 0 Å². The Labute approximate surface area is 125 Å². The van der Waals surface area contributed by atoms with Gasteiger partial charge in [0.05, 0.1) is 13.0 Å². The fourth-order valence-electron chi connectivity index (χ4n) is 2.20. The van der Waals surface area contributed by atoms with Crippen LogP contribution in [0.1, 0.15) is 27.8 Å². The third-order valence-corrected chi connectivity index (χ3v) is 3.60. The fraction of sp³-hybridized carbons (Fsp3) is 0.278. The molecule has 0 heterocycles. The molecule has 3 nitrogen and oxygen atoms in total. The Bertz CT molecular complexity index is 635. The summed E-state index contributed by atoms with van der Waals surface area (Å²) in [5.74, 6) is 0.00709. The van der Waals surface area contributed by atoms with Gasteiger partial charge in [0.15, 0.2) is 0 Å². The van der Waals surface area contributed by atoms with Gasteiger partial charge in [0.1, 0.15) is 0 Å². The average molecular weight is 283 g/mol. The minimum atomic E-state index is 0.00709. The summed E-state index contributed by atoms with van der Waals surface area (Å²) in [4.78, 5) is 12.0. The zero-order valence-corrected chi connectivity index (χ0v) is 12.5. The second kappa shape index (κ2) is 7.04. The van der Waals surface area contributed by atoms with Gasteiger partial charge in [-0.15, -0.1) is 0 Å². The van der Waals surface area contributed by atoms with E-state index in [1.165, 1.54) is 11.1 Å². The Morgan fingerprint density at radius 1 is 1.00 bits per heavy atom. The number of benzene rings is 2. The molecule has 0 unspecified atom stereocenters. The number of aryl methyl sites for hydroxylation is 2. The summed E-state index contributed by atoms with van der Waals surface area (Å²) in [6.07, 6.45) is 0.390. The fourth-order valence-corrected chi connectivity index (χ4v) is 2.20. The molecule has 0 aliphatic rings. The smallest absolute Gasteiger partial charge is 0.224 e. The first-order chi connectivity index (χ1) is 10.1. The van der Waals surface area contributed by atoms with Gasteiger partial charge >= 0.3 is 0 Å². The topological polar surface area (TPSA) is 49.3 Å². The molecular formula is C18H21NO2. The molecule has 0 aromatic heterocycles. The number of aliphatic hydroxyl groups is 1. The lowest BCUT2D eigenvalue weighted by atomic mass is 10.0. The van der Waals surface area contributed by atoms with Gasteiger partial charge in [0, 0.05) is 6.54 Å². The van der Waals surface area contributed by atoms with Crippen LogP contribution in [0.15, 0.2) is 42.5 Å². The van der Waals surface area contributed by atoms with Gasteiger partial charge in [0.2, 0.25) is 5.91 Å². The highest BCUT2D eigenvalue weighted by Crippen LogP contribution is 2.10. The number of rotatable bonds is 5. The van der Waals surface area contributed by atoms with Gasteiger partial charge in [-0.1, -0.05) is 42.5 Å². The highest BCUT2D eigenvalue weighted by atomic mass is 16.3. The molecule has 0 aliphatic carbocycles. The van der Waals surface area contributed by atoms with Crippen molar-refractivity contribution in [3.05, 3.63) is 70.3 Å². The zero-order chi connectivity index (χ0) is 15.2. The predicted octanol–water partition coefficient (Wildman–Crippen LogP) is 2.65. The van der Waals surface area contributed by atoms with Crippen LogP contribution in [0.5, 0.6) is 0 Å². The van der Waals surface area contributed by atoms with E-state index in [1.54, 1.807) is 0 Å². The van der Waals surface area contributed by atoms with Gasteiger partial charge in [-0.25, -0.2) is 0 Å². The van der Waals surface area contributed by atoms with Crippen molar-refractivity contribution in [2.45, 2.75) is 33.4 Å². The normalized spacial score (nSPS) is 10.4. The second-order valence-electron chi connectivity index (χ2n) is 5.35. The molecule has 0 saturated heterocycles. The molecule has 110 valence electrons. The molecule has 3 heteroatoms. The molecule has 0 radical (unpaired) electrons. The number of hydrogen-bond donors (Lipinski definition) is 2. The lowest BCUT2D eigenvalue weighted by Gasteiger charge is -2.08. The van der Waals surface area contributed by atoms with Crippen LogP contribution in [0.2, 0.25) is 0 Å². The number of carbonyl (C=O) groups is 1. The van der Waals surface area contributed by atoms with Crippen LogP contribution in [-0.2, 0) is 24.4 Å². The van der Waals surface area contributed by atoms with Crippen LogP contribution < -0.4 is 5.32 Å². The number of carbonyl (C=O) groups excluding carboxylic acids is 1. The monoisotopic (exact) mass is 283 g/mol. The molecule has 1 amide bonds. The lowest BCUT2D eigenvalue weighted by Crippen LogP contribution is -2.24. The van der Waals surface area contributed by atoms with Crippen molar-refractivity contribution in [2.75, 3.05) is 0 Å². The van der Waals surface area contributed by atoms with Crippen molar-refractivity contribution in [3.63, 3.8) is 0 Å².